The molecule has 0 radical (unpaired) electrons. The summed E-state index contributed by atoms with van der Waals surface area (Å²) >= 11 is 3.41. The van der Waals surface area contributed by atoms with E-state index in [1.54, 1.807) is 37.2 Å². The highest BCUT2D eigenvalue weighted by Crippen LogP contribution is 2.27. The maximum atomic E-state index is 12.7. The van der Waals surface area contributed by atoms with Gasteiger partial charge in [-0.15, -0.1) is 10.2 Å². The molecular weight excluding hydrogens is 448 g/mol. The highest BCUT2D eigenvalue weighted by Gasteiger charge is 2.13. The van der Waals surface area contributed by atoms with E-state index in [0.29, 0.717) is 27.0 Å². The highest BCUT2D eigenvalue weighted by atomic mass is 79.9. The average Bonchev–Trinajstić information content (AvgIpc) is 3.16. The lowest BCUT2D eigenvalue weighted by atomic mass is 10.1. The van der Waals surface area contributed by atoms with Gasteiger partial charge in [-0.05, 0) is 83.0 Å². The predicted octanol–water partition coefficient (Wildman–Crippen LogP) is 4.76. The molecule has 0 bridgehead atoms. The van der Waals surface area contributed by atoms with Crippen LogP contribution in [-0.2, 0) is 0 Å². The van der Waals surface area contributed by atoms with Crippen molar-refractivity contribution in [2.24, 2.45) is 0 Å². The van der Waals surface area contributed by atoms with Crippen molar-refractivity contribution in [2.75, 3.05) is 19.5 Å². The number of methoxy groups -OCH3 is 2. The Morgan fingerprint density at radius 3 is 2.30 bits per heavy atom. The zero-order chi connectivity index (χ0) is 21.3. The van der Waals surface area contributed by atoms with Crippen LogP contribution < -0.4 is 14.8 Å². The Bertz CT molecular complexity index is 1240. The van der Waals surface area contributed by atoms with E-state index in [4.69, 9.17) is 9.47 Å². The van der Waals surface area contributed by atoms with E-state index >= 15 is 0 Å². The molecule has 0 saturated carbocycles. The number of aryl methyl sites for hydroxylation is 1. The first-order valence-electron chi connectivity index (χ1n) is 9.15. The Morgan fingerprint density at radius 2 is 1.67 bits per heavy atom. The van der Waals surface area contributed by atoms with Gasteiger partial charge in [-0.1, -0.05) is 0 Å². The number of halogens is 1. The summed E-state index contributed by atoms with van der Waals surface area (Å²) in [6.07, 6.45) is 0. The topological polar surface area (TPSA) is 78.3 Å². The van der Waals surface area contributed by atoms with Crippen molar-refractivity contribution >= 4 is 38.6 Å². The van der Waals surface area contributed by atoms with Crippen molar-refractivity contribution in [3.05, 3.63) is 70.2 Å². The van der Waals surface area contributed by atoms with Crippen LogP contribution >= 0.6 is 15.9 Å². The van der Waals surface area contributed by atoms with Crippen LogP contribution in [0.1, 0.15) is 15.9 Å². The van der Waals surface area contributed by atoms with Gasteiger partial charge in [-0.2, -0.15) is 4.80 Å². The summed E-state index contributed by atoms with van der Waals surface area (Å²) in [7, 11) is 3.20. The van der Waals surface area contributed by atoms with Crippen molar-refractivity contribution in [3.8, 4) is 17.2 Å². The zero-order valence-electron chi connectivity index (χ0n) is 16.6. The molecule has 8 heteroatoms. The number of carbonyl (C=O) groups excluding carboxylic acids is 1. The number of fused-ring (bicyclic) bond motifs is 1. The molecule has 4 aromatic rings. The van der Waals surface area contributed by atoms with Gasteiger partial charge in [-0.3, -0.25) is 4.79 Å². The molecule has 1 aromatic heterocycles. The number of hydrogen-bond donors (Lipinski definition) is 1. The van der Waals surface area contributed by atoms with E-state index in [9.17, 15) is 4.79 Å². The van der Waals surface area contributed by atoms with Gasteiger partial charge in [0, 0.05) is 11.3 Å². The number of anilines is 1. The summed E-state index contributed by atoms with van der Waals surface area (Å²) in [6.45, 7) is 1.92. The van der Waals surface area contributed by atoms with E-state index in [0.717, 1.165) is 22.5 Å². The van der Waals surface area contributed by atoms with E-state index in [2.05, 4.69) is 31.4 Å². The van der Waals surface area contributed by atoms with Gasteiger partial charge < -0.3 is 14.8 Å². The molecule has 0 atom stereocenters. The molecule has 7 nitrogen and oxygen atoms in total. The van der Waals surface area contributed by atoms with Crippen molar-refractivity contribution in [1.29, 1.82) is 0 Å². The molecule has 4 rings (SSSR count). The molecule has 30 heavy (non-hydrogen) atoms. The summed E-state index contributed by atoms with van der Waals surface area (Å²) < 4.78 is 11.1. The molecule has 1 amide bonds. The van der Waals surface area contributed by atoms with Gasteiger partial charge in [0.05, 0.1) is 24.4 Å². The second-order valence-corrected chi connectivity index (χ2v) is 7.50. The summed E-state index contributed by atoms with van der Waals surface area (Å²) in [5.74, 6) is 1.21. The lowest BCUT2D eigenvalue weighted by Gasteiger charge is -2.09. The maximum absolute atomic E-state index is 12.7. The fraction of sp³-hybridized carbons (Fsp3) is 0.136. The van der Waals surface area contributed by atoms with Gasteiger partial charge in [-0.25, -0.2) is 0 Å². The monoisotopic (exact) mass is 466 g/mol. The van der Waals surface area contributed by atoms with Crippen molar-refractivity contribution in [1.82, 2.24) is 15.0 Å². The van der Waals surface area contributed by atoms with E-state index in [1.807, 2.05) is 43.3 Å². The maximum Gasteiger partial charge on any atom is 0.255 e. The van der Waals surface area contributed by atoms with E-state index < -0.39 is 0 Å². The fourth-order valence-electron chi connectivity index (χ4n) is 3.04. The van der Waals surface area contributed by atoms with Gasteiger partial charge in [0.1, 0.15) is 22.5 Å². The third kappa shape index (κ3) is 3.86. The van der Waals surface area contributed by atoms with Crippen molar-refractivity contribution < 1.29 is 14.3 Å². The second kappa shape index (κ2) is 8.16. The third-order valence-corrected chi connectivity index (χ3v) is 5.31. The predicted molar refractivity (Wildman–Crippen MR) is 119 cm³/mol. The SMILES string of the molecule is COc1ccc(-n2nc3cc(C)c(NC(=O)c4ccc(OC)c(Br)c4)cc3n2)cc1. The van der Waals surface area contributed by atoms with E-state index in [1.165, 1.54) is 0 Å². The first-order valence-corrected chi connectivity index (χ1v) is 9.95. The lowest BCUT2D eigenvalue weighted by molar-refractivity contribution is 0.102. The number of amides is 1. The van der Waals surface area contributed by atoms with Gasteiger partial charge in [0.25, 0.3) is 5.91 Å². The zero-order valence-corrected chi connectivity index (χ0v) is 18.2. The summed E-state index contributed by atoms with van der Waals surface area (Å²) in [5.41, 5.74) is 4.34. The van der Waals surface area contributed by atoms with Crippen LogP contribution in [0.2, 0.25) is 0 Å². The average molecular weight is 467 g/mol. The van der Waals surface area contributed by atoms with Crippen LogP contribution in [0.25, 0.3) is 16.7 Å². The van der Waals surface area contributed by atoms with Gasteiger partial charge >= 0.3 is 0 Å². The normalized spacial score (nSPS) is 10.8. The molecule has 0 aliphatic rings. The van der Waals surface area contributed by atoms with E-state index in [-0.39, 0.29) is 5.91 Å². The molecule has 1 heterocycles. The van der Waals surface area contributed by atoms with Gasteiger partial charge in [0.2, 0.25) is 0 Å². The summed E-state index contributed by atoms with van der Waals surface area (Å²) in [5, 5.41) is 12.0. The number of nitrogens with zero attached hydrogens (tertiary/aromatic N) is 3. The Labute approximate surface area is 181 Å². The summed E-state index contributed by atoms with van der Waals surface area (Å²) in [6, 6.07) is 16.4. The quantitative estimate of drug-likeness (QED) is 0.458. The number of carbonyl (C=O) groups is 1. The fourth-order valence-corrected chi connectivity index (χ4v) is 3.58. The number of hydrogen-bond acceptors (Lipinski definition) is 5. The van der Waals surface area contributed by atoms with Crippen LogP contribution in [-0.4, -0.2) is 35.1 Å². The second-order valence-electron chi connectivity index (χ2n) is 6.65. The Balaban J connectivity index is 1.62. The first kappa shape index (κ1) is 19.9. The molecule has 1 N–H and O–H groups in total. The molecule has 0 fully saturated rings. The molecule has 0 saturated heterocycles. The number of nitrogens with one attached hydrogen (secondary N) is 1. The third-order valence-electron chi connectivity index (χ3n) is 4.69. The Kier molecular flexibility index (Phi) is 5.41. The molecule has 3 aromatic carbocycles. The number of benzene rings is 3. The van der Waals surface area contributed by atoms with Crippen LogP contribution in [0.15, 0.2) is 59.1 Å². The molecule has 0 spiro atoms. The minimum absolute atomic E-state index is 0.219. The number of ether oxygens (including phenoxy) is 2. The minimum atomic E-state index is -0.219. The molecular formula is C22H19BrN4O3. The van der Waals surface area contributed by atoms with Crippen LogP contribution in [0.4, 0.5) is 5.69 Å². The molecule has 0 aliphatic carbocycles. The first-order chi connectivity index (χ1) is 14.5. The van der Waals surface area contributed by atoms with Crippen molar-refractivity contribution in [3.63, 3.8) is 0 Å². The Hall–Kier alpha value is -3.39. The molecule has 152 valence electrons. The van der Waals surface area contributed by atoms with Gasteiger partial charge in [0.15, 0.2) is 0 Å². The number of aromatic nitrogens is 3. The van der Waals surface area contributed by atoms with Crippen LogP contribution in [0, 0.1) is 6.92 Å². The largest absolute Gasteiger partial charge is 0.497 e. The molecule has 0 aliphatic heterocycles. The Morgan fingerprint density at radius 1 is 0.967 bits per heavy atom. The van der Waals surface area contributed by atoms with Crippen LogP contribution in [0.3, 0.4) is 0 Å². The lowest BCUT2D eigenvalue weighted by Crippen LogP contribution is -2.12. The minimum Gasteiger partial charge on any atom is -0.497 e. The highest BCUT2D eigenvalue weighted by molar-refractivity contribution is 9.10. The van der Waals surface area contributed by atoms with Crippen molar-refractivity contribution in [2.45, 2.75) is 6.92 Å². The smallest absolute Gasteiger partial charge is 0.255 e. The number of rotatable bonds is 5. The molecule has 0 unspecified atom stereocenters. The summed E-state index contributed by atoms with van der Waals surface area (Å²) in [4.78, 5) is 14.3. The standard InChI is InChI=1S/C22H19BrN4O3/c1-13-10-19-20(26-27(25-19)15-5-7-16(29-2)8-6-15)12-18(13)24-22(28)14-4-9-21(30-3)17(23)11-14/h4-12H,1-3H3,(H,24,28). The van der Waals surface area contributed by atoms with Crippen LogP contribution in [0.5, 0.6) is 11.5 Å².